The van der Waals surface area contributed by atoms with Crippen molar-refractivity contribution in [3.8, 4) is 0 Å². The highest BCUT2D eigenvalue weighted by Gasteiger charge is 2.39. The summed E-state index contributed by atoms with van der Waals surface area (Å²) >= 11 is 1.98. The van der Waals surface area contributed by atoms with Crippen LogP contribution in [-0.4, -0.2) is 59.9 Å². The van der Waals surface area contributed by atoms with Gasteiger partial charge in [0.25, 0.3) is 0 Å². The molecule has 0 aromatic heterocycles. The molecule has 2 heterocycles. The molecule has 7 heteroatoms. The lowest BCUT2D eigenvalue weighted by Gasteiger charge is -2.36. The van der Waals surface area contributed by atoms with Gasteiger partial charge in [-0.1, -0.05) is 37.3 Å². The smallest absolute Gasteiger partial charge is 0.244 e. The Hall–Kier alpha value is -0.460. The molecule has 0 saturated carbocycles. The van der Waals surface area contributed by atoms with E-state index in [2.05, 4.69) is 24.0 Å². The summed E-state index contributed by atoms with van der Waals surface area (Å²) in [5.74, 6) is 2.47. The second-order valence-corrected chi connectivity index (χ2v) is 8.21. The molecule has 0 radical (unpaired) electrons. The van der Waals surface area contributed by atoms with E-state index < -0.39 is 0 Å². The molecule has 2 fully saturated rings. The van der Waals surface area contributed by atoms with E-state index in [1.165, 1.54) is 0 Å². The van der Waals surface area contributed by atoms with Gasteiger partial charge in [-0.3, -0.25) is 9.69 Å². The first-order chi connectivity index (χ1) is 11.1. The first kappa shape index (κ1) is 22.6. The molecule has 2 N–H and O–H groups in total. The van der Waals surface area contributed by atoms with Crippen LogP contribution < -0.4 is 5.73 Å². The Balaban J connectivity index is 0.00000156. The van der Waals surface area contributed by atoms with E-state index in [9.17, 15) is 4.79 Å². The van der Waals surface area contributed by atoms with Crippen LogP contribution in [0.1, 0.15) is 24.9 Å². The molecule has 3 rings (SSSR count). The molecule has 0 spiro atoms. The number of nitrogens with two attached hydrogens (primary N) is 1. The predicted octanol–water partition coefficient (Wildman–Crippen LogP) is 2.82. The zero-order valence-corrected chi connectivity index (χ0v) is 17.2. The van der Waals surface area contributed by atoms with Crippen molar-refractivity contribution in [2.45, 2.75) is 19.4 Å². The van der Waals surface area contributed by atoms with E-state index in [0.717, 1.165) is 49.7 Å². The summed E-state index contributed by atoms with van der Waals surface area (Å²) in [6.07, 6.45) is 1.01. The number of likely N-dealkylation sites (tertiary alicyclic amines) is 1. The predicted molar refractivity (Wildman–Crippen MR) is 111 cm³/mol. The van der Waals surface area contributed by atoms with Crippen molar-refractivity contribution < 1.29 is 4.79 Å². The highest BCUT2D eigenvalue weighted by molar-refractivity contribution is 7.99. The van der Waals surface area contributed by atoms with Crippen LogP contribution in [0, 0.1) is 5.41 Å². The minimum Gasteiger partial charge on any atom is -0.340 e. The fourth-order valence-electron chi connectivity index (χ4n) is 3.53. The summed E-state index contributed by atoms with van der Waals surface area (Å²) in [6, 6.07) is 10.1. The van der Waals surface area contributed by atoms with Gasteiger partial charge in [0.05, 0.1) is 0 Å². The standard InChI is InChI=1S/C18H27N3OS.2ClH/c1-18(13-19)7-8-21(14-18)17(22)16(15-5-3-2-4-6-15)20-9-11-23-12-10-20;;/h2-6,16H,7-14,19H2,1H3;2*1H. The minimum atomic E-state index is -0.141. The number of halogens is 2. The third kappa shape index (κ3) is 5.27. The number of amides is 1. The molecule has 142 valence electrons. The van der Waals surface area contributed by atoms with E-state index in [-0.39, 0.29) is 42.2 Å². The van der Waals surface area contributed by atoms with Crippen LogP contribution in [0.3, 0.4) is 0 Å². The number of nitrogens with zero attached hydrogens (tertiary/aromatic N) is 2. The van der Waals surface area contributed by atoms with Crippen LogP contribution in [0.15, 0.2) is 30.3 Å². The van der Waals surface area contributed by atoms with Crippen LogP contribution in [-0.2, 0) is 4.79 Å². The van der Waals surface area contributed by atoms with Crippen LogP contribution in [0.25, 0.3) is 0 Å². The number of hydrogen-bond donors (Lipinski definition) is 1. The minimum absolute atomic E-state index is 0. The van der Waals surface area contributed by atoms with Crippen molar-refractivity contribution in [1.29, 1.82) is 0 Å². The summed E-state index contributed by atoms with van der Waals surface area (Å²) in [5, 5.41) is 0. The van der Waals surface area contributed by atoms with Gasteiger partial charge >= 0.3 is 0 Å². The van der Waals surface area contributed by atoms with Gasteiger partial charge in [0.2, 0.25) is 5.91 Å². The molecule has 2 unspecified atom stereocenters. The highest BCUT2D eigenvalue weighted by atomic mass is 35.5. The second-order valence-electron chi connectivity index (χ2n) is 6.99. The Morgan fingerprint density at radius 1 is 1.20 bits per heavy atom. The molecular formula is C18H29Cl2N3OS. The maximum Gasteiger partial charge on any atom is 0.244 e. The molecule has 1 aromatic rings. The molecule has 2 aliphatic rings. The van der Waals surface area contributed by atoms with E-state index in [1.807, 2.05) is 34.9 Å². The van der Waals surface area contributed by atoms with Crippen LogP contribution in [0.4, 0.5) is 0 Å². The number of hydrogen-bond acceptors (Lipinski definition) is 4. The van der Waals surface area contributed by atoms with Gasteiger partial charge in [-0.05, 0) is 23.9 Å². The maximum absolute atomic E-state index is 13.3. The first-order valence-electron chi connectivity index (χ1n) is 8.49. The number of carbonyl (C=O) groups is 1. The molecule has 0 bridgehead atoms. The zero-order chi connectivity index (χ0) is 16.3. The van der Waals surface area contributed by atoms with Crippen molar-refractivity contribution in [3.63, 3.8) is 0 Å². The molecule has 2 aliphatic heterocycles. The average molecular weight is 406 g/mol. The van der Waals surface area contributed by atoms with Gasteiger partial charge in [0.1, 0.15) is 6.04 Å². The maximum atomic E-state index is 13.3. The number of rotatable bonds is 4. The van der Waals surface area contributed by atoms with Crippen molar-refractivity contribution in [3.05, 3.63) is 35.9 Å². The quantitative estimate of drug-likeness (QED) is 0.836. The summed E-state index contributed by atoms with van der Waals surface area (Å²) in [5.41, 5.74) is 7.10. The lowest BCUT2D eigenvalue weighted by Crippen LogP contribution is -2.46. The summed E-state index contributed by atoms with van der Waals surface area (Å²) in [7, 11) is 0. The van der Waals surface area contributed by atoms with Crippen molar-refractivity contribution in [1.82, 2.24) is 9.80 Å². The molecule has 4 nitrogen and oxygen atoms in total. The monoisotopic (exact) mass is 405 g/mol. The van der Waals surface area contributed by atoms with E-state index >= 15 is 0 Å². The number of carbonyl (C=O) groups excluding carboxylic acids is 1. The zero-order valence-electron chi connectivity index (χ0n) is 14.7. The van der Waals surface area contributed by atoms with Gasteiger partial charge in [-0.15, -0.1) is 24.8 Å². The van der Waals surface area contributed by atoms with Gasteiger partial charge in [0, 0.05) is 37.7 Å². The number of benzene rings is 1. The van der Waals surface area contributed by atoms with Crippen molar-refractivity contribution >= 4 is 42.5 Å². The first-order valence-corrected chi connectivity index (χ1v) is 9.64. The third-order valence-corrected chi connectivity index (χ3v) is 6.06. The molecule has 2 saturated heterocycles. The van der Waals surface area contributed by atoms with E-state index in [4.69, 9.17) is 5.73 Å². The highest BCUT2D eigenvalue weighted by Crippen LogP contribution is 2.33. The van der Waals surface area contributed by atoms with Crippen LogP contribution in [0.2, 0.25) is 0 Å². The molecular weight excluding hydrogens is 377 g/mol. The Morgan fingerprint density at radius 3 is 2.40 bits per heavy atom. The van der Waals surface area contributed by atoms with E-state index in [1.54, 1.807) is 0 Å². The number of thioether (sulfide) groups is 1. The summed E-state index contributed by atoms with van der Waals surface area (Å²) < 4.78 is 0. The Labute approximate surface area is 167 Å². The lowest BCUT2D eigenvalue weighted by molar-refractivity contribution is -0.136. The van der Waals surface area contributed by atoms with Crippen LogP contribution in [0.5, 0.6) is 0 Å². The second kappa shape index (κ2) is 10.0. The Bertz CT molecular complexity index is 542. The largest absolute Gasteiger partial charge is 0.340 e. The molecule has 0 aliphatic carbocycles. The topological polar surface area (TPSA) is 49.6 Å². The van der Waals surface area contributed by atoms with Gasteiger partial charge in [-0.2, -0.15) is 11.8 Å². The van der Waals surface area contributed by atoms with Gasteiger partial charge in [0.15, 0.2) is 0 Å². The molecule has 25 heavy (non-hydrogen) atoms. The van der Waals surface area contributed by atoms with Gasteiger partial charge in [-0.25, -0.2) is 0 Å². The molecule has 2 atom stereocenters. The molecule has 1 aromatic carbocycles. The fourth-order valence-corrected chi connectivity index (χ4v) is 4.46. The average Bonchev–Trinajstić information content (AvgIpc) is 3.00. The Kier molecular flexibility index (Phi) is 9.05. The third-order valence-electron chi connectivity index (χ3n) is 5.12. The normalized spacial score (nSPS) is 25.0. The summed E-state index contributed by atoms with van der Waals surface area (Å²) in [6.45, 7) is 6.42. The van der Waals surface area contributed by atoms with Crippen LogP contribution >= 0.6 is 36.6 Å². The van der Waals surface area contributed by atoms with Crippen molar-refractivity contribution in [2.75, 3.05) is 44.2 Å². The van der Waals surface area contributed by atoms with Gasteiger partial charge < -0.3 is 10.6 Å². The lowest BCUT2D eigenvalue weighted by atomic mass is 9.90. The fraction of sp³-hybridized carbons (Fsp3) is 0.611. The van der Waals surface area contributed by atoms with Crippen molar-refractivity contribution in [2.24, 2.45) is 11.1 Å². The summed E-state index contributed by atoms with van der Waals surface area (Å²) in [4.78, 5) is 17.7. The molecule has 1 amide bonds. The SMILES string of the molecule is CC1(CN)CCN(C(=O)C(c2ccccc2)N2CCSCC2)C1.Cl.Cl. The Morgan fingerprint density at radius 2 is 1.84 bits per heavy atom. The van der Waals surface area contributed by atoms with E-state index in [0.29, 0.717) is 6.54 Å².